The van der Waals surface area contributed by atoms with Gasteiger partial charge in [0.05, 0.1) is 13.2 Å². The Kier molecular flexibility index (Phi) is 7.58. The van der Waals surface area contributed by atoms with E-state index in [2.05, 4.69) is 20.4 Å². The van der Waals surface area contributed by atoms with Crippen LogP contribution in [0, 0.1) is 22.7 Å². The normalized spacial score (nSPS) is 45.0. The lowest BCUT2D eigenvalue weighted by Crippen LogP contribution is -2.60. The van der Waals surface area contributed by atoms with E-state index in [9.17, 15) is 25.2 Å². The Morgan fingerprint density at radius 2 is 1.94 bits per heavy atom. The fraction of sp³-hybridized carbons (Fsp3) is 0.808. The molecule has 2 aliphatic carbocycles. The molecular formula is C26H40O8. The summed E-state index contributed by atoms with van der Waals surface area (Å²) in [6, 6.07) is 0. The molecule has 9 atom stereocenters. The summed E-state index contributed by atoms with van der Waals surface area (Å²) in [5.74, 6) is 0.454. The maximum atomic E-state index is 11.9. The van der Waals surface area contributed by atoms with E-state index in [4.69, 9.17) is 14.2 Å². The Morgan fingerprint density at radius 1 is 1.18 bits per heavy atom. The minimum absolute atomic E-state index is 0.0180. The van der Waals surface area contributed by atoms with Crippen molar-refractivity contribution < 1.29 is 39.4 Å². The highest BCUT2D eigenvalue weighted by molar-refractivity contribution is 5.90. The molecule has 0 aromatic heterocycles. The molecule has 2 aliphatic heterocycles. The van der Waals surface area contributed by atoms with Crippen molar-refractivity contribution in [3.63, 3.8) is 0 Å². The van der Waals surface area contributed by atoms with Gasteiger partial charge in [0.1, 0.15) is 31.0 Å². The molecule has 4 rings (SSSR count). The van der Waals surface area contributed by atoms with Gasteiger partial charge in [-0.15, -0.1) is 0 Å². The monoisotopic (exact) mass is 480 g/mol. The van der Waals surface area contributed by atoms with Gasteiger partial charge in [0.15, 0.2) is 6.29 Å². The van der Waals surface area contributed by atoms with Crippen LogP contribution in [0.15, 0.2) is 23.8 Å². The maximum absolute atomic E-state index is 11.9. The number of allylic oxidation sites excluding steroid dienone is 1. The Hall–Kier alpha value is -1.29. The smallest absolute Gasteiger partial charge is 0.334 e. The summed E-state index contributed by atoms with van der Waals surface area (Å²) in [6.07, 6.45) is 2.15. The van der Waals surface area contributed by atoms with E-state index >= 15 is 0 Å². The van der Waals surface area contributed by atoms with Crippen LogP contribution < -0.4 is 0 Å². The second-order valence-corrected chi connectivity index (χ2v) is 11.2. The van der Waals surface area contributed by atoms with Crippen LogP contribution in [-0.2, 0) is 19.0 Å². The van der Waals surface area contributed by atoms with E-state index in [1.165, 1.54) is 5.57 Å². The quantitative estimate of drug-likeness (QED) is 0.321. The number of rotatable bonds is 7. The van der Waals surface area contributed by atoms with Crippen molar-refractivity contribution in [2.75, 3.05) is 19.8 Å². The molecule has 0 aromatic carbocycles. The van der Waals surface area contributed by atoms with Gasteiger partial charge in [-0.05, 0) is 67.3 Å². The summed E-state index contributed by atoms with van der Waals surface area (Å²) in [6.45, 7) is 9.21. The molecule has 0 spiro atoms. The predicted molar refractivity (Wildman–Crippen MR) is 123 cm³/mol. The minimum atomic E-state index is -1.45. The van der Waals surface area contributed by atoms with Crippen molar-refractivity contribution in [2.45, 2.75) is 89.5 Å². The number of carbonyl (C=O) groups is 1. The lowest BCUT2D eigenvalue weighted by Gasteiger charge is -2.59. The molecule has 0 amide bonds. The molecule has 0 radical (unpaired) electrons. The Balaban J connectivity index is 1.46. The summed E-state index contributed by atoms with van der Waals surface area (Å²) in [5.41, 5.74) is 1.87. The Bertz CT molecular complexity index is 809. The van der Waals surface area contributed by atoms with Crippen LogP contribution in [0.25, 0.3) is 0 Å². The molecular weight excluding hydrogens is 440 g/mol. The zero-order valence-electron chi connectivity index (χ0n) is 20.3. The van der Waals surface area contributed by atoms with Crippen LogP contribution >= 0.6 is 0 Å². The van der Waals surface area contributed by atoms with Gasteiger partial charge < -0.3 is 34.6 Å². The molecule has 0 aromatic rings. The van der Waals surface area contributed by atoms with Crippen LogP contribution in [0.2, 0.25) is 0 Å². The van der Waals surface area contributed by atoms with Gasteiger partial charge in [0.25, 0.3) is 0 Å². The van der Waals surface area contributed by atoms with Crippen LogP contribution in [-0.4, -0.2) is 76.9 Å². The fourth-order valence-electron chi connectivity index (χ4n) is 7.17. The molecule has 8 nitrogen and oxygen atoms in total. The van der Waals surface area contributed by atoms with Crippen LogP contribution in [0.5, 0.6) is 0 Å². The van der Waals surface area contributed by atoms with E-state index in [1.807, 2.05) is 6.08 Å². The summed E-state index contributed by atoms with van der Waals surface area (Å²) >= 11 is 0. The number of ether oxygens (including phenoxy) is 3. The van der Waals surface area contributed by atoms with E-state index in [0.29, 0.717) is 31.5 Å². The number of aliphatic hydroxyl groups excluding tert-OH is 4. The molecule has 2 heterocycles. The number of fused-ring (bicyclic) bond motifs is 1. The van der Waals surface area contributed by atoms with Crippen molar-refractivity contribution in [2.24, 2.45) is 22.7 Å². The van der Waals surface area contributed by atoms with Gasteiger partial charge in [0, 0.05) is 5.57 Å². The lowest BCUT2D eigenvalue weighted by atomic mass is 9.47. The summed E-state index contributed by atoms with van der Waals surface area (Å²) in [7, 11) is 0. The average molecular weight is 481 g/mol. The highest BCUT2D eigenvalue weighted by Crippen LogP contribution is 2.62. The van der Waals surface area contributed by atoms with E-state index in [0.717, 1.165) is 44.1 Å². The van der Waals surface area contributed by atoms with Gasteiger partial charge in [0.2, 0.25) is 0 Å². The SMILES string of the molecule is C=C1CC[C@@H]2[C@](C)(COC3OC(CO)C(O)C(O)C3O)CCC[C@@]2(C)[C@@H]1CCC1=CCOC1=O. The van der Waals surface area contributed by atoms with Gasteiger partial charge in [-0.3, -0.25) is 0 Å². The van der Waals surface area contributed by atoms with Crippen LogP contribution in [0.1, 0.15) is 58.8 Å². The predicted octanol–water partition coefficient (Wildman–Crippen LogP) is 1.85. The van der Waals surface area contributed by atoms with E-state index in [1.54, 1.807) is 0 Å². The zero-order chi connectivity index (χ0) is 24.7. The highest BCUT2D eigenvalue weighted by Gasteiger charge is 2.55. The Labute approximate surface area is 201 Å². The molecule has 34 heavy (non-hydrogen) atoms. The first kappa shape index (κ1) is 25.8. The molecule has 8 heteroatoms. The minimum Gasteiger partial charge on any atom is -0.458 e. The largest absolute Gasteiger partial charge is 0.458 e. The molecule has 4 N–H and O–H groups in total. The summed E-state index contributed by atoms with van der Waals surface area (Å²) in [4.78, 5) is 11.9. The molecule has 4 aliphatic rings. The third-order valence-corrected chi connectivity index (χ3v) is 9.08. The number of hydrogen-bond acceptors (Lipinski definition) is 8. The Morgan fingerprint density at radius 3 is 2.62 bits per heavy atom. The molecule has 5 unspecified atom stereocenters. The van der Waals surface area contributed by atoms with Gasteiger partial charge in [-0.2, -0.15) is 0 Å². The number of cyclic esters (lactones) is 1. The molecule has 3 fully saturated rings. The number of hydrogen-bond donors (Lipinski definition) is 4. The zero-order valence-corrected chi connectivity index (χ0v) is 20.3. The van der Waals surface area contributed by atoms with Crippen molar-refractivity contribution in [1.82, 2.24) is 0 Å². The van der Waals surface area contributed by atoms with Crippen molar-refractivity contribution in [3.05, 3.63) is 23.8 Å². The average Bonchev–Trinajstić information content (AvgIpc) is 3.21. The van der Waals surface area contributed by atoms with Crippen molar-refractivity contribution in [3.8, 4) is 0 Å². The second kappa shape index (κ2) is 9.99. The second-order valence-electron chi connectivity index (χ2n) is 11.2. The van der Waals surface area contributed by atoms with Crippen LogP contribution in [0.3, 0.4) is 0 Å². The van der Waals surface area contributed by atoms with Gasteiger partial charge in [-0.1, -0.05) is 32.4 Å². The van der Waals surface area contributed by atoms with E-state index in [-0.39, 0.29) is 16.8 Å². The summed E-state index contributed by atoms with van der Waals surface area (Å²) < 4.78 is 16.7. The molecule has 1 saturated heterocycles. The fourth-order valence-corrected chi connectivity index (χ4v) is 7.17. The maximum Gasteiger partial charge on any atom is 0.334 e. The molecule has 2 saturated carbocycles. The van der Waals surface area contributed by atoms with Crippen molar-refractivity contribution >= 4 is 5.97 Å². The highest BCUT2D eigenvalue weighted by atomic mass is 16.7. The van der Waals surface area contributed by atoms with Crippen molar-refractivity contribution in [1.29, 1.82) is 0 Å². The van der Waals surface area contributed by atoms with E-state index < -0.39 is 37.3 Å². The third-order valence-electron chi connectivity index (χ3n) is 9.08. The molecule has 0 bridgehead atoms. The topological polar surface area (TPSA) is 126 Å². The first-order valence-corrected chi connectivity index (χ1v) is 12.6. The number of carbonyl (C=O) groups excluding carboxylic acids is 1. The standard InChI is InChI=1S/C26H40O8/c1-15-5-8-19-25(2,14-33-24-22(30)21(29)20(28)18(13-27)34-24)10-4-11-26(19,3)17(15)7-6-16-9-12-32-23(16)31/h9,17-22,24,27-30H,1,4-8,10-14H2,2-3H3/t17-,18?,19-,20?,21?,22?,24?,25+,26+/m1/s1. The third kappa shape index (κ3) is 4.61. The first-order chi connectivity index (χ1) is 16.1. The number of esters is 1. The van der Waals surface area contributed by atoms with Crippen LogP contribution in [0.4, 0.5) is 0 Å². The van der Waals surface area contributed by atoms with Gasteiger partial charge in [-0.25, -0.2) is 4.79 Å². The number of aliphatic hydroxyl groups is 4. The summed E-state index contributed by atoms with van der Waals surface area (Å²) in [5, 5.41) is 40.0. The lowest BCUT2D eigenvalue weighted by molar-refractivity contribution is -0.309. The van der Waals surface area contributed by atoms with Gasteiger partial charge >= 0.3 is 5.97 Å². The molecule has 192 valence electrons. The first-order valence-electron chi connectivity index (χ1n) is 12.6.